The second-order valence-electron chi connectivity index (χ2n) is 7.27. The predicted molar refractivity (Wildman–Crippen MR) is 96.7 cm³/mol. The number of nitrogens with zero attached hydrogens (tertiary/aromatic N) is 2. The number of hydrogen-bond donors (Lipinski definition) is 0. The van der Waals surface area contributed by atoms with Crippen LogP contribution in [0.25, 0.3) is 0 Å². The highest BCUT2D eigenvalue weighted by Crippen LogP contribution is 2.41. The van der Waals surface area contributed by atoms with E-state index < -0.39 is 0 Å². The van der Waals surface area contributed by atoms with Crippen molar-refractivity contribution in [1.29, 1.82) is 0 Å². The molecule has 0 saturated carbocycles. The number of carbonyl (C=O) groups excluding carboxylic acids is 2. The molecule has 3 rings (SSSR count). The summed E-state index contributed by atoms with van der Waals surface area (Å²) in [5, 5.41) is 0. The van der Waals surface area contributed by atoms with Gasteiger partial charge in [-0.15, -0.1) is 0 Å². The summed E-state index contributed by atoms with van der Waals surface area (Å²) in [6.45, 7) is 8.09. The van der Waals surface area contributed by atoms with E-state index in [1.807, 2.05) is 27.7 Å². The Hall–Kier alpha value is -2.10. The van der Waals surface area contributed by atoms with Crippen molar-refractivity contribution >= 4 is 23.0 Å². The number of ketones is 2. The summed E-state index contributed by atoms with van der Waals surface area (Å²) in [6.07, 6.45) is 6.87. The van der Waals surface area contributed by atoms with Crippen molar-refractivity contribution in [2.24, 2.45) is 15.9 Å². The molecule has 0 amide bonds. The summed E-state index contributed by atoms with van der Waals surface area (Å²) in [7, 11) is 0. The van der Waals surface area contributed by atoms with Crippen molar-refractivity contribution in [2.75, 3.05) is 0 Å². The topological polar surface area (TPSA) is 58.9 Å². The van der Waals surface area contributed by atoms with Gasteiger partial charge in [0.05, 0.1) is 5.71 Å². The molecule has 0 radical (unpaired) electrons. The summed E-state index contributed by atoms with van der Waals surface area (Å²) >= 11 is 0. The Morgan fingerprint density at radius 1 is 1.00 bits per heavy atom. The minimum Gasteiger partial charge on any atom is -0.295 e. The Kier molecular flexibility index (Phi) is 4.48. The van der Waals surface area contributed by atoms with Crippen LogP contribution in [0.3, 0.4) is 0 Å². The number of rotatable bonds is 2. The van der Waals surface area contributed by atoms with Gasteiger partial charge in [-0.1, -0.05) is 0 Å². The Morgan fingerprint density at radius 2 is 1.71 bits per heavy atom. The lowest BCUT2D eigenvalue weighted by Crippen LogP contribution is -2.17. The van der Waals surface area contributed by atoms with E-state index in [9.17, 15) is 9.59 Å². The first-order valence-electron chi connectivity index (χ1n) is 8.67. The fraction of sp³-hybridized carbons (Fsp3) is 0.500. The summed E-state index contributed by atoms with van der Waals surface area (Å²) in [5.74, 6) is 0.142. The van der Waals surface area contributed by atoms with Gasteiger partial charge in [-0.2, -0.15) is 0 Å². The van der Waals surface area contributed by atoms with Crippen molar-refractivity contribution in [3.8, 4) is 0 Å². The standard InChI is InChI=1S/C20H24N2O2/c1-11(2)21-13-7-15-16-9-14(23)10-17(16)19(22-12(3)4)5-6-20(24)18(15)8-13/h5-6,10-12,16H,7-9H2,1-4H3. The van der Waals surface area contributed by atoms with Crippen LogP contribution in [0.1, 0.15) is 47.0 Å². The molecule has 0 saturated heterocycles. The summed E-state index contributed by atoms with van der Waals surface area (Å²) in [4.78, 5) is 34.0. The van der Waals surface area contributed by atoms with E-state index in [2.05, 4.69) is 9.98 Å². The molecule has 24 heavy (non-hydrogen) atoms. The first-order chi connectivity index (χ1) is 11.3. The van der Waals surface area contributed by atoms with Crippen molar-refractivity contribution < 1.29 is 9.59 Å². The minimum atomic E-state index is -0.0150. The summed E-state index contributed by atoms with van der Waals surface area (Å²) in [5.41, 5.74) is 4.71. The lowest BCUT2D eigenvalue weighted by molar-refractivity contribution is -0.114. The molecule has 3 aliphatic rings. The van der Waals surface area contributed by atoms with Gasteiger partial charge in [-0.25, -0.2) is 0 Å². The number of hydrogen-bond acceptors (Lipinski definition) is 4. The molecule has 0 aromatic heterocycles. The monoisotopic (exact) mass is 324 g/mol. The molecule has 4 heteroatoms. The average molecular weight is 324 g/mol. The lowest BCUT2D eigenvalue weighted by atomic mass is 9.84. The third-order valence-electron chi connectivity index (χ3n) is 4.50. The van der Waals surface area contributed by atoms with Crippen molar-refractivity contribution in [1.82, 2.24) is 0 Å². The van der Waals surface area contributed by atoms with Gasteiger partial charge in [0.1, 0.15) is 0 Å². The average Bonchev–Trinajstić information content (AvgIpc) is 3.04. The maximum Gasteiger partial charge on any atom is 0.182 e. The Bertz CT molecular complexity index is 746. The lowest BCUT2D eigenvalue weighted by Gasteiger charge is -2.20. The van der Waals surface area contributed by atoms with Crippen LogP contribution in [0.2, 0.25) is 0 Å². The highest BCUT2D eigenvalue weighted by Gasteiger charge is 2.37. The largest absolute Gasteiger partial charge is 0.295 e. The van der Waals surface area contributed by atoms with Gasteiger partial charge in [-0.05, 0) is 57.1 Å². The maximum atomic E-state index is 12.6. The second kappa shape index (κ2) is 6.42. The minimum absolute atomic E-state index is 0.0150. The Morgan fingerprint density at radius 3 is 2.38 bits per heavy atom. The molecule has 0 spiro atoms. The molecule has 1 unspecified atom stereocenters. The van der Waals surface area contributed by atoms with Crippen LogP contribution in [-0.4, -0.2) is 35.1 Å². The van der Waals surface area contributed by atoms with Crippen molar-refractivity contribution in [2.45, 2.75) is 59.0 Å². The van der Waals surface area contributed by atoms with Gasteiger partial charge in [0.2, 0.25) is 0 Å². The maximum absolute atomic E-state index is 12.6. The fourth-order valence-corrected chi connectivity index (χ4v) is 3.70. The molecule has 0 aliphatic heterocycles. The van der Waals surface area contributed by atoms with E-state index in [4.69, 9.17) is 0 Å². The third kappa shape index (κ3) is 3.23. The molecular formula is C20H24N2O2. The number of fused-ring (bicyclic) bond motifs is 2. The third-order valence-corrected chi connectivity index (χ3v) is 4.50. The number of aliphatic imine (C=N–C) groups is 2. The molecule has 0 N–H and O–H groups in total. The van der Waals surface area contributed by atoms with Gasteiger partial charge < -0.3 is 0 Å². The van der Waals surface area contributed by atoms with E-state index in [1.165, 1.54) is 0 Å². The molecule has 0 aromatic rings. The van der Waals surface area contributed by atoms with Gasteiger partial charge in [0.15, 0.2) is 11.6 Å². The number of carbonyl (C=O) groups is 2. The zero-order valence-electron chi connectivity index (χ0n) is 14.8. The van der Waals surface area contributed by atoms with Gasteiger partial charge >= 0.3 is 0 Å². The van der Waals surface area contributed by atoms with Gasteiger partial charge in [0, 0.05) is 48.5 Å². The highest BCUT2D eigenvalue weighted by molar-refractivity contribution is 6.21. The molecule has 0 fully saturated rings. The highest BCUT2D eigenvalue weighted by atomic mass is 16.1. The fourth-order valence-electron chi connectivity index (χ4n) is 3.70. The smallest absolute Gasteiger partial charge is 0.182 e. The van der Waals surface area contributed by atoms with E-state index in [1.54, 1.807) is 18.2 Å². The first kappa shape index (κ1) is 16.7. The Balaban J connectivity index is 2.06. The van der Waals surface area contributed by atoms with Crippen LogP contribution in [0.4, 0.5) is 0 Å². The molecule has 126 valence electrons. The van der Waals surface area contributed by atoms with E-state index in [0.717, 1.165) is 28.1 Å². The first-order valence-corrected chi connectivity index (χ1v) is 8.67. The molecular weight excluding hydrogens is 300 g/mol. The van der Waals surface area contributed by atoms with E-state index in [-0.39, 0.29) is 29.6 Å². The normalized spacial score (nSPS) is 27.2. The summed E-state index contributed by atoms with van der Waals surface area (Å²) in [6, 6.07) is 0.334. The van der Waals surface area contributed by atoms with Crippen LogP contribution in [0.5, 0.6) is 0 Å². The zero-order valence-corrected chi connectivity index (χ0v) is 14.8. The van der Waals surface area contributed by atoms with Crippen LogP contribution >= 0.6 is 0 Å². The SMILES string of the molecule is CC(C)N=C1CC2=C(C1)C1CC(=O)C=C1C(=NC(C)C)C=CC2=O. The Labute approximate surface area is 143 Å². The molecule has 4 nitrogen and oxygen atoms in total. The van der Waals surface area contributed by atoms with Crippen molar-refractivity contribution in [3.05, 3.63) is 34.9 Å². The van der Waals surface area contributed by atoms with Crippen LogP contribution in [0.15, 0.2) is 44.9 Å². The second-order valence-corrected chi connectivity index (χ2v) is 7.27. The number of allylic oxidation sites excluding steroid dienone is 6. The zero-order chi connectivity index (χ0) is 17.4. The predicted octanol–water partition coefficient (Wildman–Crippen LogP) is 3.43. The van der Waals surface area contributed by atoms with Crippen LogP contribution in [-0.2, 0) is 9.59 Å². The van der Waals surface area contributed by atoms with Crippen LogP contribution in [0, 0.1) is 5.92 Å². The molecule has 1 atom stereocenters. The molecule has 0 aromatic carbocycles. The van der Waals surface area contributed by atoms with E-state index in [0.29, 0.717) is 19.3 Å². The molecule has 0 bridgehead atoms. The van der Waals surface area contributed by atoms with Crippen LogP contribution < -0.4 is 0 Å². The van der Waals surface area contributed by atoms with E-state index >= 15 is 0 Å². The van der Waals surface area contributed by atoms with Gasteiger partial charge in [-0.3, -0.25) is 19.6 Å². The summed E-state index contributed by atoms with van der Waals surface area (Å²) < 4.78 is 0. The molecule has 3 aliphatic carbocycles. The van der Waals surface area contributed by atoms with Crippen molar-refractivity contribution in [3.63, 3.8) is 0 Å². The quantitative estimate of drug-likeness (QED) is 0.781. The van der Waals surface area contributed by atoms with Gasteiger partial charge in [0.25, 0.3) is 0 Å². The molecule has 0 heterocycles.